The zero-order valence-electron chi connectivity index (χ0n) is 26.2. The van der Waals surface area contributed by atoms with E-state index >= 15 is 0 Å². The lowest BCUT2D eigenvalue weighted by Gasteiger charge is -2.60. The van der Waals surface area contributed by atoms with Crippen LogP contribution in [0.5, 0.6) is 0 Å². The van der Waals surface area contributed by atoms with Gasteiger partial charge in [-0.05, 0) is 68.6 Å². The molecule has 41 heavy (non-hydrogen) atoms. The Labute approximate surface area is 255 Å². The van der Waals surface area contributed by atoms with Gasteiger partial charge in [0.2, 0.25) is 17.7 Å². The van der Waals surface area contributed by atoms with Gasteiger partial charge >= 0.3 is 0 Å². The molecule has 0 radical (unpaired) electrons. The highest BCUT2D eigenvalue weighted by atomic mass is 32.2. The van der Waals surface area contributed by atoms with Crippen LogP contribution in [0.2, 0.25) is 0 Å². The summed E-state index contributed by atoms with van der Waals surface area (Å²) in [6, 6.07) is 0. The van der Waals surface area contributed by atoms with Crippen molar-refractivity contribution < 1.29 is 14.4 Å². The third-order valence-corrected chi connectivity index (χ3v) is 13.7. The summed E-state index contributed by atoms with van der Waals surface area (Å²) in [5, 5.41) is 1.44. The Balaban J connectivity index is 0.997. The number of carbonyl (C=O) groups is 3. The Kier molecular flexibility index (Phi) is 12.1. The zero-order chi connectivity index (χ0) is 28.6. The highest BCUT2D eigenvalue weighted by Gasteiger charge is 2.62. The van der Waals surface area contributed by atoms with Crippen LogP contribution >= 0.6 is 11.8 Å². The van der Waals surface area contributed by atoms with Crippen molar-refractivity contribution in [2.24, 2.45) is 35.5 Å². The Morgan fingerprint density at radius 2 is 1.15 bits per heavy atom. The fraction of sp³-hybridized carbons (Fsp3) is 0.917. The maximum absolute atomic E-state index is 13.7. The minimum absolute atomic E-state index is 0.0903. The second-order valence-electron chi connectivity index (χ2n) is 14.5. The maximum Gasteiger partial charge on any atom is 0.239 e. The third-order valence-electron chi connectivity index (χ3n) is 11.8. The first kappa shape index (κ1) is 31.6. The fourth-order valence-electron chi connectivity index (χ4n) is 9.80. The van der Waals surface area contributed by atoms with E-state index in [1.54, 1.807) is 0 Å². The molecule has 2 saturated heterocycles. The van der Waals surface area contributed by atoms with Crippen LogP contribution < -0.4 is 0 Å². The van der Waals surface area contributed by atoms with Crippen molar-refractivity contribution >= 4 is 29.5 Å². The van der Waals surface area contributed by atoms with Crippen LogP contribution in [0.15, 0.2) is 0 Å². The lowest BCUT2D eigenvalue weighted by molar-refractivity contribution is -0.174. The highest BCUT2D eigenvalue weighted by Crippen LogP contribution is 2.62. The molecule has 0 N–H and O–H groups in total. The van der Waals surface area contributed by atoms with Crippen molar-refractivity contribution in [3.63, 3.8) is 0 Å². The van der Waals surface area contributed by atoms with Crippen molar-refractivity contribution in [1.82, 2.24) is 4.90 Å². The number of hydrogen-bond acceptors (Lipinski definition) is 4. The molecule has 0 aromatic carbocycles. The van der Waals surface area contributed by atoms with E-state index in [0.717, 1.165) is 61.0 Å². The van der Waals surface area contributed by atoms with Gasteiger partial charge in [-0.2, -0.15) is 11.8 Å². The average Bonchev–Trinajstić information content (AvgIpc) is 2.99. The minimum Gasteiger partial charge on any atom is -0.274 e. The van der Waals surface area contributed by atoms with E-state index < -0.39 is 0 Å². The van der Waals surface area contributed by atoms with E-state index in [1.165, 1.54) is 103 Å². The normalized spacial score (nSPS) is 34.3. The maximum atomic E-state index is 13.7. The van der Waals surface area contributed by atoms with Crippen LogP contribution in [-0.4, -0.2) is 33.1 Å². The number of hydrogen-bond donors (Lipinski definition) is 0. The molecule has 5 heteroatoms. The Bertz CT molecular complexity index is 857. The summed E-state index contributed by atoms with van der Waals surface area (Å²) in [6.45, 7) is 2.28. The molecule has 5 rings (SSSR count). The molecule has 3 aliphatic carbocycles. The summed E-state index contributed by atoms with van der Waals surface area (Å²) in [7, 11) is 0. The third kappa shape index (κ3) is 7.46. The van der Waals surface area contributed by atoms with Gasteiger partial charge in [-0.1, -0.05) is 110 Å². The van der Waals surface area contributed by atoms with Crippen LogP contribution in [0.4, 0.5) is 0 Å². The van der Waals surface area contributed by atoms with E-state index in [9.17, 15) is 14.4 Å². The topological polar surface area (TPSA) is 54.5 Å². The predicted molar refractivity (Wildman–Crippen MR) is 169 cm³/mol. The number of carbonyl (C=O) groups excluding carboxylic acids is 3. The molecule has 5 aliphatic rings. The summed E-state index contributed by atoms with van der Waals surface area (Å²) in [4.78, 5) is 41.8. The quantitative estimate of drug-likeness (QED) is 0.134. The number of amides is 3. The summed E-state index contributed by atoms with van der Waals surface area (Å²) in [5.41, 5.74) is 0. The molecule has 4 nitrogen and oxygen atoms in total. The molecular formula is C36H59NO3S. The number of thioether (sulfide) groups is 1. The molecule has 232 valence electrons. The Hall–Kier alpha value is -0.840. The number of fused-ring (bicyclic) bond motifs is 2. The molecule has 5 fully saturated rings. The fourth-order valence-corrected chi connectivity index (χ4v) is 11.9. The first-order chi connectivity index (χ1) is 20.1. The molecule has 0 aromatic rings. The molecule has 2 aliphatic heterocycles. The van der Waals surface area contributed by atoms with Crippen molar-refractivity contribution in [2.75, 3.05) is 0 Å². The van der Waals surface area contributed by atoms with Gasteiger partial charge in [0.1, 0.15) is 0 Å². The summed E-state index contributed by atoms with van der Waals surface area (Å²) in [5.74, 6) is 1.59. The number of rotatable bonds is 16. The van der Waals surface area contributed by atoms with Gasteiger partial charge in [0.15, 0.2) is 0 Å². The Morgan fingerprint density at radius 1 is 0.610 bits per heavy atom. The smallest absolute Gasteiger partial charge is 0.239 e. The largest absolute Gasteiger partial charge is 0.274 e. The number of nitrogens with zero attached hydrogens (tertiary/aromatic N) is 1. The number of imide groups is 3. The van der Waals surface area contributed by atoms with Crippen molar-refractivity contribution in [1.29, 1.82) is 0 Å². The zero-order valence-corrected chi connectivity index (χ0v) is 27.0. The summed E-state index contributed by atoms with van der Waals surface area (Å²) >= 11 is 2.23. The van der Waals surface area contributed by atoms with Gasteiger partial charge in [0, 0.05) is 28.8 Å². The SMILES string of the molecule is CCCCCCCCCCCCCCCCCC(=O)N1C(=O)C2CCC3SC4CCCCC4C4CCC(C1=O)C2C34. The first-order valence-corrected chi connectivity index (χ1v) is 19.1. The number of likely N-dealkylation sites (tertiary alicyclic amines) is 1. The number of unbranched alkanes of at least 4 members (excludes halogenated alkanes) is 14. The monoisotopic (exact) mass is 585 g/mol. The first-order valence-electron chi connectivity index (χ1n) is 18.2. The van der Waals surface area contributed by atoms with Crippen LogP contribution in [0.1, 0.15) is 161 Å². The van der Waals surface area contributed by atoms with E-state index in [2.05, 4.69) is 18.7 Å². The molecule has 0 spiro atoms. The van der Waals surface area contributed by atoms with E-state index in [4.69, 9.17) is 0 Å². The van der Waals surface area contributed by atoms with Gasteiger partial charge < -0.3 is 0 Å². The summed E-state index contributed by atoms with van der Waals surface area (Å²) in [6.07, 6.45) is 29.2. The molecule has 3 amide bonds. The van der Waals surface area contributed by atoms with Crippen LogP contribution in [0.25, 0.3) is 0 Å². The number of piperidine rings is 1. The van der Waals surface area contributed by atoms with Gasteiger partial charge in [0.05, 0.1) is 0 Å². The van der Waals surface area contributed by atoms with E-state index in [-0.39, 0.29) is 35.5 Å². The van der Waals surface area contributed by atoms with Gasteiger partial charge in [-0.3, -0.25) is 14.4 Å². The van der Waals surface area contributed by atoms with Gasteiger partial charge in [0.25, 0.3) is 0 Å². The van der Waals surface area contributed by atoms with E-state index in [0.29, 0.717) is 23.5 Å². The molecule has 0 bridgehead atoms. The van der Waals surface area contributed by atoms with Crippen molar-refractivity contribution in [2.45, 2.75) is 172 Å². The summed E-state index contributed by atoms with van der Waals surface area (Å²) < 4.78 is 0. The predicted octanol–water partition coefficient (Wildman–Crippen LogP) is 9.49. The molecule has 3 saturated carbocycles. The lowest BCUT2D eigenvalue weighted by atomic mass is 9.52. The molecule has 8 atom stereocenters. The Morgan fingerprint density at radius 3 is 1.76 bits per heavy atom. The molecule has 0 aromatic heterocycles. The molecule has 8 unspecified atom stereocenters. The molecular weight excluding hydrogens is 526 g/mol. The van der Waals surface area contributed by atoms with Crippen LogP contribution in [0, 0.1) is 35.5 Å². The van der Waals surface area contributed by atoms with Gasteiger partial charge in [-0.25, -0.2) is 4.90 Å². The standard InChI is InChI=1S/C36H59NO3S/c1-2-3-4-5-6-7-8-9-10-11-12-13-14-15-16-21-32(38)37-35(39)28-23-22-27-26-19-17-18-20-30(26)41-31-25-24-29(36(37)40)33(28)34(27)31/h26-31,33-34H,2-25H2,1H3. The highest BCUT2D eigenvalue weighted by molar-refractivity contribution is 8.00. The van der Waals surface area contributed by atoms with Crippen molar-refractivity contribution in [3.05, 3.63) is 0 Å². The average molecular weight is 586 g/mol. The van der Waals surface area contributed by atoms with Gasteiger partial charge in [-0.15, -0.1) is 0 Å². The van der Waals surface area contributed by atoms with Crippen LogP contribution in [-0.2, 0) is 14.4 Å². The molecule has 2 heterocycles. The minimum atomic E-state index is -0.206. The van der Waals surface area contributed by atoms with Crippen molar-refractivity contribution in [3.8, 4) is 0 Å². The lowest BCUT2D eigenvalue weighted by Crippen LogP contribution is -2.64. The second kappa shape index (κ2) is 15.8. The van der Waals surface area contributed by atoms with Crippen LogP contribution in [0.3, 0.4) is 0 Å². The second-order valence-corrected chi connectivity index (χ2v) is 15.9. The van der Waals surface area contributed by atoms with E-state index in [1.807, 2.05) is 0 Å².